The second-order valence-corrected chi connectivity index (χ2v) is 8.41. The summed E-state index contributed by atoms with van der Waals surface area (Å²) in [4.78, 5) is 18.7. The number of nitrogens with one attached hydrogen (secondary N) is 1. The number of rotatable bonds is 5. The number of fused-ring (bicyclic) bond motifs is 1. The number of hydrogen-bond donors (Lipinski definition) is 2. The minimum absolute atomic E-state index is 0.137. The molecular formula is C21H19BrN4OS. The topological polar surface area (TPSA) is 72.9 Å². The van der Waals surface area contributed by atoms with Gasteiger partial charge in [-0.25, -0.2) is 4.98 Å². The molecule has 3 N–H and O–H groups in total. The highest BCUT2D eigenvalue weighted by Gasteiger charge is 2.20. The van der Waals surface area contributed by atoms with E-state index in [2.05, 4.69) is 44.4 Å². The number of imidazole rings is 1. The van der Waals surface area contributed by atoms with E-state index in [1.54, 1.807) is 12.5 Å². The fourth-order valence-corrected chi connectivity index (χ4v) is 5.11. The molecule has 2 aromatic carbocycles. The smallest absolute Gasteiger partial charge is 0.261 e. The van der Waals surface area contributed by atoms with Crippen molar-refractivity contribution in [1.29, 1.82) is 0 Å². The first kappa shape index (κ1) is 18.9. The second-order valence-electron chi connectivity index (χ2n) is 6.51. The molecule has 0 aliphatic rings. The molecule has 2 heterocycles. The normalized spacial score (nSPS) is 12.2. The van der Waals surface area contributed by atoms with Gasteiger partial charge in [0.1, 0.15) is 0 Å². The summed E-state index contributed by atoms with van der Waals surface area (Å²) in [5.41, 5.74) is 8.01. The summed E-state index contributed by atoms with van der Waals surface area (Å²) in [6.07, 6.45) is 3.53. The van der Waals surface area contributed by atoms with Gasteiger partial charge >= 0.3 is 0 Å². The van der Waals surface area contributed by atoms with Gasteiger partial charge in [0.05, 0.1) is 34.0 Å². The summed E-state index contributed by atoms with van der Waals surface area (Å²) in [5, 5.41) is 5.33. The Morgan fingerprint density at radius 3 is 2.82 bits per heavy atom. The minimum atomic E-state index is -0.264. The number of hydrogen-bond acceptors (Lipinski definition) is 4. The highest BCUT2D eigenvalue weighted by molar-refractivity contribution is 9.10. The standard InChI is InChI=1S/C21H19BrN4OS/c1-26-12-24-11-18(26)20-16(22)9-19(28-20)21(27)25-17(10-23)15-8-4-6-13-5-2-3-7-14(13)15/h2-9,11-12,17H,10,23H2,1H3,(H,25,27). The van der Waals surface area contributed by atoms with Crippen molar-refractivity contribution in [2.45, 2.75) is 6.04 Å². The zero-order chi connectivity index (χ0) is 19.7. The number of thiophene rings is 1. The first-order valence-electron chi connectivity index (χ1n) is 8.83. The molecule has 4 rings (SSSR count). The first-order valence-corrected chi connectivity index (χ1v) is 10.4. The van der Waals surface area contributed by atoms with Gasteiger partial charge in [-0.05, 0) is 38.3 Å². The molecule has 1 atom stereocenters. The van der Waals surface area contributed by atoms with Crippen LogP contribution in [0, 0.1) is 0 Å². The van der Waals surface area contributed by atoms with Gasteiger partial charge in [-0.1, -0.05) is 42.5 Å². The average molecular weight is 455 g/mol. The van der Waals surface area contributed by atoms with E-state index < -0.39 is 0 Å². The maximum atomic E-state index is 12.9. The molecule has 0 spiro atoms. The number of aromatic nitrogens is 2. The van der Waals surface area contributed by atoms with Crippen LogP contribution in [0.4, 0.5) is 0 Å². The lowest BCUT2D eigenvalue weighted by molar-refractivity contribution is 0.0942. The molecule has 5 nitrogen and oxygen atoms in total. The maximum absolute atomic E-state index is 12.9. The third-order valence-corrected chi connectivity index (χ3v) is 6.74. The quantitative estimate of drug-likeness (QED) is 0.466. The molecule has 1 amide bonds. The van der Waals surface area contributed by atoms with Crippen LogP contribution in [0.3, 0.4) is 0 Å². The van der Waals surface area contributed by atoms with Crippen molar-refractivity contribution >= 4 is 43.9 Å². The number of amides is 1. The average Bonchev–Trinajstić information content (AvgIpc) is 3.30. The van der Waals surface area contributed by atoms with E-state index in [4.69, 9.17) is 5.73 Å². The van der Waals surface area contributed by atoms with Gasteiger partial charge < -0.3 is 15.6 Å². The molecule has 0 aliphatic carbocycles. The molecular weight excluding hydrogens is 436 g/mol. The van der Waals surface area contributed by atoms with Crippen molar-refractivity contribution in [1.82, 2.24) is 14.9 Å². The molecule has 1 unspecified atom stereocenters. The van der Waals surface area contributed by atoms with E-state index >= 15 is 0 Å². The van der Waals surface area contributed by atoms with Crippen LogP contribution in [0.15, 0.2) is 65.5 Å². The summed E-state index contributed by atoms with van der Waals surface area (Å²) in [6.45, 7) is 0.320. The molecule has 0 saturated heterocycles. The second kappa shape index (κ2) is 7.87. The third kappa shape index (κ3) is 3.48. The predicted octanol–water partition coefficient (Wildman–Crippen LogP) is 4.49. The first-order chi connectivity index (χ1) is 13.6. The van der Waals surface area contributed by atoms with Gasteiger partial charge in [-0.15, -0.1) is 11.3 Å². The lowest BCUT2D eigenvalue weighted by atomic mass is 9.98. The predicted molar refractivity (Wildman–Crippen MR) is 117 cm³/mol. The Morgan fingerprint density at radius 1 is 1.29 bits per heavy atom. The highest BCUT2D eigenvalue weighted by atomic mass is 79.9. The van der Waals surface area contributed by atoms with Crippen LogP contribution < -0.4 is 11.1 Å². The monoisotopic (exact) mass is 454 g/mol. The number of benzene rings is 2. The minimum Gasteiger partial charge on any atom is -0.343 e. The fraction of sp³-hybridized carbons (Fsp3) is 0.143. The Bertz CT molecular complexity index is 1140. The lowest BCUT2D eigenvalue weighted by Crippen LogP contribution is -2.33. The van der Waals surface area contributed by atoms with E-state index in [-0.39, 0.29) is 11.9 Å². The zero-order valence-corrected chi connectivity index (χ0v) is 17.6. The molecule has 0 bridgehead atoms. The summed E-state index contributed by atoms with van der Waals surface area (Å²) >= 11 is 5.00. The van der Waals surface area contributed by atoms with E-state index in [1.165, 1.54) is 11.3 Å². The van der Waals surface area contributed by atoms with Gasteiger partial charge in [0.2, 0.25) is 0 Å². The molecule has 0 aliphatic heterocycles. The highest BCUT2D eigenvalue weighted by Crippen LogP contribution is 2.36. The Hall–Kier alpha value is -2.48. The van der Waals surface area contributed by atoms with Gasteiger partial charge in [0.15, 0.2) is 0 Å². The summed E-state index contributed by atoms with van der Waals surface area (Å²) < 4.78 is 2.80. The van der Waals surface area contributed by atoms with E-state index in [0.29, 0.717) is 11.4 Å². The van der Waals surface area contributed by atoms with Crippen molar-refractivity contribution in [3.8, 4) is 10.6 Å². The Kier molecular flexibility index (Phi) is 5.30. The van der Waals surface area contributed by atoms with Crippen LogP contribution >= 0.6 is 27.3 Å². The van der Waals surface area contributed by atoms with Gasteiger partial charge in [-0.3, -0.25) is 4.79 Å². The van der Waals surface area contributed by atoms with E-state index in [1.807, 2.05) is 41.9 Å². The molecule has 4 aromatic rings. The molecule has 0 radical (unpaired) electrons. The number of aryl methyl sites for hydroxylation is 1. The van der Waals surface area contributed by atoms with Crippen LogP contribution in [-0.2, 0) is 7.05 Å². The van der Waals surface area contributed by atoms with Crippen molar-refractivity contribution < 1.29 is 4.79 Å². The summed E-state index contributed by atoms with van der Waals surface area (Å²) in [5.74, 6) is -0.137. The molecule has 7 heteroatoms. The molecule has 142 valence electrons. The van der Waals surface area contributed by atoms with Gasteiger partial charge in [0.25, 0.3) is 5.91 Å². The Balaban J connectivity index is 1.63. The molecule has 0 saturated carbocycles. The molecule has 2 aromatic heterocycles. The number of carbonyl (C=O) groups is 1. The Morgan fingerprint density at radius 2 is 2.07 bits per heavy atom. The van der Waals surface area contributed by atoms with Crippen molar-refractivity contribution in [2.24, 2.45) is 12.8 Å². The zero-order valence-electron chi connectivity index (χ0n) is 15.2. The lowest BCUT2D eigenvalue weighted by Gasteiger charge is -2.19. The maximum Gasteiger partial charge on any atom is 0.261 e. The SMILES string of the molecule is Cn1cncc1-c1sc(C(=O)NC(CN)c2cccc3ccccc23)cc1Br. The number of carbonyl (C=O) groups excluding carboxylic acids is 1. The fourth-order valence-electron chi connectivity index (χ4n) is 3.28. The van der Waals surface area contributed by atoms with Crippen LogP contribution in [0.25, 0.3) is 21.3 Å². The molecule has 28 heavy (non-hydrogen) atoms. The number of halogens is 1. The van der Waals surface area contributed by atoms with Crippen LogP contribution in [0.5, 0.6) is 0 Å². The van der Waals surface area contributed by atoms with Crippen molar-refractivity contribution in [2.75, 3.05) is 6.54 Å². The van der Waals surface area contributed by atoms with E-state index in [9.17, 15) is 4.79 Å². The van der Waals surface area contributed by atoms with Crippen molar-refractivity contribution in [3.63, 3.8) is 0 Å². The van der Waals surface area contributed by atoms with E-state index in [0.717, 1.165) is 31.4 Å². The Labute approximate surface area is 175 Å². The van der Waals surface area contributed by atoms with Crippen LogP contribution in [0.1, 0.15) is 21.3 Å². The third-order valence-electron chi connectivity index (χ3n) is 4.70. The van der Waals surface area contributed by atoms with Crippen LogP contribution in [0.2, 0.25) is 0 Å². The number of nitrogens with two attached hydrogens (primary N) is 1. The summed E-state index contributed by atoms with van der Waals surface area (Å²) in [6, 6.07) is 15.8. The van der Waals surface area contributed by atoms with Crippen LogP contribution in [-0.4, -0.2) is 22.0 Å². The summed E-state index contributed by atoms with van der Waals surface area (Å²) in [7, 11) is 1.93. The van der Waals surface area contributed by atoms with Gasteiger partial charge in [-0.2, -0.15) is 0 Å². The largest absolute Gasteiger partial charge is 0.343 e. The number of nitrogens with zero attached hydrogens (tertiary/aromatic N) is 2. The molecule has 0 fully saturated rings. The van der Waals surface area contributed by atoms with Crippen molar-refractivity contribution in [3.05, 3.63) is 76.0 Å². The van der Waals surface area contributed by atoms with Gasteiger partial charge in [0, 0.05) is 18.1 Å².